The van der Waals surface area contributed by atoms with E-state index in [-0.39, 0.29) is 5.41 Å². The lowest BCUT2D eigenvalue weighted by atomic mass is 9.96. The van der Waals surface area contributed by atoms with E-state index in [1.54, 1.807) is 0 Å². The summed E-state index contributed by atoms with van der Waals surface area (Å²) in [5, 5.41) is 4.34. The van der Waals surface area contributed by atoms with E-state index in [9.17, 15) is 0 Å². The maximum absolute atomic E-state index is 5.76. The summed E-state index contributed by atoms with van der Waals surface area (Å²) < 4.78 is 10.2. The molecule has 1 aromatic rings. The van der Waals surface area contributed by atoms with Gasteiger partial charge in [-0.3, -0.25) is 4.90 Å². The van der Waals surface area contributed by atoms with Crippen molar-refractivity contribution in [2.24, 2.45) is 0 Å². The van der Waals surface area contributed by atoms with Crippen molar-refractivity contribution in [1.29, 1.82) is 0 Å². The largest absolute Gasteiger partial charge is 0.373 e. The molecule has 2 rings (SSSR count). The van der Waals surface area contributed by atoms with Gasteiger partial charge in [0.2, 0.25) is 5.13 Å². The predicted octanol–water partition coefficient (Wildman–Crippen LogP) is 3.14. The topological polar surface area (TPSA) is 50.3 Å². The van der Waals surface area contributed by atoms with Crippen LogP contribution in [0.25, 0.3) is 0 Å². The maximum atomic E-state index is 5.76. The first kappa shape index (κ1) is 17.6. The van der Waals surface area contributed by atoms with Crippen LogP contribution < -0.4 is 5.32 Å². The number of ether oxygens (including phenoxy) is 1. The van der Waals surface area contributed by atoms with Crippen LogP contribution in [0.4, 0.5) is 5.13 Å². The number of nitrogens with one attached hydrogen (secondary N) is 1. The average molecular weight is 327 g/mol. The summed E-state index contributed by atoms with van der Waals surface area (Å²) in [4.78, 5) is 7.07. The van der Waals surface area contributed by atoms with Gasteiger partial charge in [-0.05, 0) is 33.2 Å². The third kappa shape index (κ3) is 5.48. The molecule has 1 fully saturated rings. The molecule has 1 aliphatic heterocycles. The van der Waals surface area contributed by atoms with Crippen LogP contribution in [0.5, 0.6) is 0 Å². The molecule has 0 aliphatic carbocycles. The fourth-order valence-corrected chi connectivity index (χ4v) is 3.50. The van der Waals surface area contributed by atoms with E-state index >= 15 is 0 Å². The minimum Gasteiger partial charge on any atom is -0.373 e. The van der Waals surface area contributed by atoms with Crippen LogP contribution in [-0.4, -0.2) is 52.6 Å². The second kappa shape index (κ2) is 7.70. The Hall–Kier alpha value is -0.720. The molecule has 0 aromatic carbocycles. The average Bonchev–Trinajstić information content (AvgIpc) is 2.86. The Bertz CT molecular complexity index is 447. The van der Waals surface area contributed by atoms with Crippen molar-refractivity contribution < 1.29 is 4.74 Å². The first-order valence-corrected chi connectivity index (χ1v) is 9.08. The van der Waals surface area contributed by atoms with Crippen molar-refractivity contribution >= 4 is 16.7 Å². The number of nitrogens with zero attached hydrogens (tertiary/aromatic N) is 3. The molecule has 126 valence electrons. The van der Waals surface area contributed by atoms with E-state index in [0.29, 0.717) is 12.2 Å². The van der Waals surface area contributed by atoms with Crippen LogP contribution in [0.3, 0.4) is 0 Å². The number of rotatable bonds is 6. The summed E-state index contributed by atoms with van der Waals surface area (Å²) in [6.07, 6.45) is 3.08. The highest BCUT2D eigenvalue weighted by Crippen LogP contribution is 2.22. The third-order valence-corrected chi connectivity index (χ3v) is 4.44. The summed E-state index contributed by atoms with van der Waals surface area (Å²) in [6.45, 7) is 15.0. The van der Waals surface area contributed by atoms with Gasteiger partial charge in [0.05, 0.1) is 12.2 Å². The molecular weight excluding hydrogens is 296 g/mol. The number of anilines is 1. The second-order valence-corrected chi connectivity index (χ2v) is 8.08. The number of hydrogen-bond donors (Lipinski definition) is 1. The van der Waals surface area contributed by atoms with Gasteiger partial charge in [0.25, 0.3) is 0 Å². The van der Waals surface area contributed by atoms with Crippen LogP contribution in [-0.2, 0) is 10.2 Å². The first-order chi connectivity index (χ1) is 10.3. The Balaban J connectivity index is 1.62. The molecule has 0 saturated carbocycles. The number of morpholine rings is 1. The SMILES string of the molecule is CC1CN(CCCCNc2nc(C(C)(C)C)ns2)CC(C)O1. The molecule has 1 N–H and O–H groups in total. The van der Waals surface area contributed by atoms with Gasteiger partial charge >= 0.3 is 0 Å². The lowest BCUT2D eigenvalue weighted by molar-refractivity contribution is -0.0681. The molecule has 2 unspecified atom stereocenters. The monoisotopic (exact) mass is 326 g/mol. The van der Waals surface area contributed by atoms with Crippen molar-refractivity contribution in [3.05, 3.63) is 5.82 Å². The van der Waals surface area contributed by atoms with Gasteiger partial charge in [-0.2, -0.15) is 4.37 Å². The molecule has 0 spiro atoms. The zero-order valence-electron chi connectivity index (χ0n) is 14.6. The zero-order valence-corrected chi connectivity index (χ0v) is 15.4. The number of hydrogen-bond acceptors (Lipinski definition) is 6. The van der Waals surface area contributed by atoms with Crippen molar-refractivity contribution in [3.8, 4) is 0 Å². The first-order valence-electron chi connectivity index (χ1n) is 8.30. The van der Waals surface area contributed by atoms with E-state index in [0.717, 1.165) is 43.6 Å². The fraction of sp³-hybridized carbons (Fsp3) is 0.875. The van der Waals surface area contributed by atoms with E-state index in [4.69, 9.17) is 4.74 Å². The summed E-state index contributed by atoms with van der Waals surface area (Å²) in [6, 6.07) is 0. The number of aromatic nitrogens is 2. The van der Waals surface area contributed by atoms with E-state index < -0.39 is 0 Å². The highest BCUT2D eigenvalue weighted by molar-refractivity contribution is 7.09. The van der Waals surface area contributed by atoms with Gasteiger partial charge in [0, 0.05) is 36.6 Å². The van der Waals surface area contributed by atoms with Crippen LogP contribution in [0.2, 0.25) is 0 Å². The van der Waals surface area contributed by atoms with Gasteiger partial charge in [0.15, 0.2) is 0 Å². The smallest absolute Gasteiger partial charge is 0.202 e. The normalized spacial score (nSPS) is 23.7. The Labute approximate surface area is 138 Å². The molecule has 0 bridgehead atoms. The second-order valence-electron chi connectivity index (χ2n) is 7.32. The third-order valence-electron chi connectivity index (χ3n) is 3.77. The Morgan fingerprint density at radius 3 is 2.50 bits per heavy atom. The summed E-state index contributed by atoms with van der Waals surface area (Å²) >= 11 is 1.46. The molecule has 2 heterocycles. The number of unbranched alkanes of at least 4 members (excludes halogenated alkanes) is 1. The molecule has 6 heteroatoms. The van der Waals surface area contributed by atoms with Crippen LogP contribution >= 0.6 is 11.5 Å². The molecule has 22 heavy (non-hydrogen) atoms. The van der Waals surface area contributed by atoms with Gasteiger partial charge in [-0.15, -0.1) is 0 Å². The lowest BCUT2D eigenvalue weighted by Gasteiger charge is -2.35. The van der Waals surface area contributed by atoms with E-state index in [2.05, 4.69) is 54.2 Å². The fourth-order valence-electron chi connectivity index (χ4n) is 2.72. The minimum absolute atomic E-state index is 0.0279. The van der Waals surface area contributed by atoms with Gasteiger partial charge < -0.3 is 10.1 Å². The van der Waals surface area contributed by atoms with E-state index in [1.165, 1.54) is 18.0 Å². The molecule has 5 nitrogen and oxygen atoms in total. The van der Waals surface area contributed by atoms with Crippen LogP contribution in [0.1, 0.15) is 53.3 Å². The molecule has 2 atom stereocenters. The van der Waals surface area contributed by atoms with Crippen LogP contribution in [0, 0.1) is 0 Å². The Morgan fingerprint density at radius 1 is 1.23 bits per heavy atom. The zero-order chi connectivity index (χ0) is 16.2. The molecule has 1 aromatic heterocycles. The van der Waals surface area contributed by atoms with E-state index in [1.807, 2.05) is 0 Å². The quantitative estimate of drug-likeness (QED) is 0.814. The highest BCUT2D eigenvalue weighted by Gasteiger charge is 2.21. The van der Waals surface area contributed by atoms with Gasteiger partial charge in [0.1, 0.15) is 5.82 Å². The molecule has 1 aliphatic rings. The maximum Gasteiger partial charge on any atom is 0.202 e. The van der Waals surface area contributed by atoms with Crippen molar-refractivity contribution in [3.63, 3.8) is 0 Å². The van der Waals surface area contributed by atoms with Crippen molar-refractivity contribution in [2.45, 2.75) is 65.1 Å². The highest BCUT2D eigenvalue weighted by atomic mass is 32.1. The summed E-state index contributed by atoms with van der Waals surface area (Å²) in [7, 11) is 0. The van der Waals surface area contributed by atoms with Gasteiger partial charge in [-0.1, -0.05) is 20.8 Å². The standard InChI is InChI=1S/C16H30N4OS/c1-12-10-20(11-13(2)21-12)9-7-6-8-17-15-18-14(19-22-15)16(3,4)5/h12-13H,6-11H2,1-5H3,(H,17,18,19). The van der Waals surface area contributed by atoms with Crippen molar-refractivity contribution in [2.75, 3.05) is 31.5 Å². The lowest BCUT2D eigenvalue weighted by Crippen LogP contribution is -2.45. The molecular formula is C16H30N4OS. The Morgan fingerprint density at radius 2 is 1.91 bits per heavy atom. The van der Waals surface area contributed by atoms with Gasteiger partial charge in [-0.25, -0.2) is 4.98 Å². The van der Waals surface area contributed by atoms with Crippen molar-refractivity contribution in [1.82, 2.24) is 14.3 Å². The summed E-state index contributed by atoms with van der Waals surface area (Å²) in [5.74, 6) is 0.927. The molecule has 1 saturated heterocycles. The van der Waals surface area contributed by atoms with Crippen LogP contribution in [0.15, 0.2) is 0 Å². The molecule has 0 radical (unpaired) electrons. The Kier molecular flexibility index (Phi) is 6.17. The summed E-state index contributed by atoms with van der Waals surface area (Å²) in [5.41, 5.74) is 0.0279. The molecule has 0 amide bonds. The minimum atomic E-state index is 0.0279. The predicted molar refractivity (Wildman–Crippen MR) is 92.8 cm³/mol.